The molecule has 0 radical (unpaired) electrons. The molecule has 156 valence electrons. The third-order valence-electron chi connectivity index (χ3n) is 6.15. The minimum absolute atomic E-state index is 0.0159. The number of benzene rings is 3. The van der Waals surface area contributed by atoms with Crippen molar-refractivity contribution >= 4 is 32.7 Å². The maximum absolute atomic E-state index is 6.30. The predicted octanol–water partition coefficient (Wildman–Crippen LogP) is 8.36. The van der Waals surface area contributed by atoms with Crippen LogP contribution in [0.4, 0.5) is 0 Å². The Bertz CT molecular complexity index is 1610. The van der Waals surface area contributed by atoms with Gasteiger partial charge in [-0.1, -0.05) is 57.2 Å². The number of pyridine rings is 1. The van der Waals surface area contributed by atoms with E-state index in [2.05, 4.69) is 69.3 Å². The summed E-state index contributed by atoms with van der Waals surface area (Å²) in [7, 11) is 0. The van der Waals surface area contributed by atoms with Crippen molar-refractivity contribution in [1.82, 2.24) is 4.98 Å². The van der Waals surface area contributed by atoms with Gasteiger partial charge in [-0.2, -0.15) is 0 Å². The number of aromatic nitrogens is 1. The predicted molar refractivity (Wildman–Crippen MR) is 131 cm³/mol. The number of fused-ring (bicyclic) bond motifs is 3. The molecule has 0 N–H and O–H groups in total. The van der Waals surface area contributed by atoms with Crippen molar-refractivity contribution in [2.75, 3.05) is 0 Å². The van der Waals surface area contributed by atoms with E-state index >= 15 is 0 Å². The van der Waals surface area contributed by atoms with Gasteiger partial charge in [-0.15, -0.1) is 0 Å². The molecule has 0 aliphatic heterocycles. The quantitative estimate of drug-likeness (QED) is 0.284. The molecular formula is C29H23NO2. The highest BCUT2D eigenvalue weighted by Gasteiger charge is 2.20. The first-order chi connectivity index (χ1) is 15.5. The second-order valence-electron chi connectivity index (χ2n) is 9.31. The Morgan fingerprint density at radius 2 is 1.62 bits per heavy atom. The van der Waals surface area contributed by atoms with Crippen LogP contribution in [-0.4, -0.2) is 4.98 Å². The van der Waals surface area contributed by atoms with Gasteiger partial charge in [0.15, 0.2) is 0 Å². The molecule has 0 aliphatic carbocycles. The van der Waals surface area contributed by atoms with Gasteiger partial charge >= 0.3 is 0 Å². The van der Waals surface area contributed by atoms with Crippen LogP contribution in [0.15, 0.2) is 94.1 Å². The molecule has 0 atom stereocenters. The van der Waals surface area contributed by atoms with Crippen LogP contribution in [0, 0.1) is 0 Å². The molecule has 0 saturated heterocycles. The third kappa shape index (κ3) is 2.93. The normalized spacial score (nSPS) is 12.2. The lowest BCUT2D eigenvalue weighted by molar-refractivity contribution is 0.596. The lowest BCUT2D eigenvalue weighted by Gasteiger charge is -2.22. The Balaban J connectivity index is 1.60. The van der Waals surface area contributed by atoms with Gasteiger partial charge in [-0.05, 0) is 58.1 Å². The zero-order chi connectivity index (χ0) is 21.9. The maximum atomic E-state index is 6.30. The van der Waals surface area contributed by atoms with Crippen LogP contribution in [0.2, 0.25) is 0 Å². The summed E-state index contributed by atoms with van der Waals surface area (Å²) in [5.41, 5.74) is 6.08. The van der Waals surface area contributed by atoms with E-state index in [1.165, 1.54) is 16.3 Å². The fourth-order valence-corrected chi connectivity index (χ4v) is 4.60. The summed E-state index contributed by atoms with van der Waals surface area (Å²) < 4.78 is 11.9. The van der Waals surface area contributed by atoms with Gasteiger partial charge in [0.2, 0.25) is 0 Å². The van der Waals surface area contributed by atoms with Crippen molar-refractivity contribution < 1.29 is 8.83 Å². The monoisotopic (exact) mass is 417 g/mol. The SMILES string of the molecule is CC(C)(C)c1cc(-c2nccc3oc(-c4cccc5occc45)cc23)cc2ccccc12. The highest BCUT2D eigenvalue weighted by atomic mass is 16.3. The molecule has 0 amide bonds. The molecule has 3 aromatic carbocycles. The van der Waals surface area contributed by atoms with Crippen molar-refractivity contribution in [3.8, 4) is 22.6 Å². The second-order valence-corrected chi connectivity index (χ2v) is 9.31. The van der Waals surface area contributed by atoms with Crippen LogP contribution in [0.25, 0.3) is 55.3 Å². The van der Waals surface area contributed by atoms with Crippen LogP contribution >= 0.6 is 0 Å². The van der Waals surface area contributed by atoms with Gasteiger partial charge in [-0.25, -0.2) is 0 Å². The number of hydrogen-bond donors (Lipinski definition) is 0. The van der Waals surface area contributed by atoms with E-state index in [-0.39, 0.29) is 5.41 Å². The van der Waals surface area contributed by atoms with E-state index < -0.39 is 0 Å². The van der Waals surface area contributed by atoms with Gasteiger partial charge in [0.05, 0.1) is 12.0 Å². The zero-order valence-corrected chi connectivity index (χ0v) is 18.3. The Morgan fingerprint density at radius 3 is 2.50 bits per heavy atom. The molecule has 0 saturated carbocycles. The fraction of sp³-hybridized carbons (Fsp3) is 0.138. The molecule has 3 nitrogen and oxygen atoms in total. The summed E-state index contributed by atoms with van der Waals surface area (Å²) in [6.07, 6.45) is 3.54. The van der Waals surface area contributed by atoms with Gasteiger partial charge < -0.3 is 8.83 Å². The van der Waals surface area contributed by atoms with Crippen LogP contribution in [0.5, 0.6) is 0 Å². The van der Waals surface area contributed by atoms with Gasteiger partial charge in [0.25, 0.3) is 0 Å². The molecule has 32 heavy (non-hydrogen) atoms. The topological polar surface area (TPSA) is 39.2 Å². The first-order valence-corrected chi connectivity index (χ1v) is 10.9. The highest BCUT2D eigenvalue weighted by molar-refractivity contribution is 6.00. The average molecular weight is 418 g/mol. The fourth-order valence-electron chi connectivity index (χ4n) is 4.60. The Kier molecular flexibility index (Phi) is 4.03. The van der Waals surface area contributed by atoms with Gasteiger partial charge in [0, 0.05) is 28.1 Å². The van der Waals surface area contributed by atoms with Crippen molar-refractivity contribution in [3.05, 3.63) is 90.8 Å². The Hall–Kier alpha value is -3.85. The van der Waals surface area contributed by atoms with E-state index in [1.54, 1.807) is 6.26 Å². The zero-order valence-electron chi connectivity index (χ0n) is 18.3. The van der Waals surface area contributed by atoms with Crippen molar-refractivity contribution in [2.45, 2.75) is 26.2 Å². The van der Waals surface area contributed by atoms with Gasteiger partial charge in [-0.3, -0.25) is 4.98 Å². The minimum Gasteiger partial charge on any atom is -0.464 e. The van der Waals surface area contributed by atoms with E-state index in [9.17, 15) is 0 Å². The Morgan fingerprint density at radius 1 is 0.750 bits per heavy atom. The molecule has 6 rings (SSSR count). The molecular weight excluding hydrogens is 394 g/mol. The summed E-state index contributed by atoms with van der Waals surface area (Å²) >= 11 is 0. The van der Waals surface area contributed by atoms with Crippen LogP contribution in [0.1, 0.15) is 26.3 Å². The van der Waals surface area contributed by atoms with E-state index in [4.69, 9.17) is 13.8 Å². The molecule has 0 bridgehead atoms. The van der Waals surface area contributed by atoms with Crippen LogP contribution in [-0.2, 0) is 5.41 Å². The van der Waals surface area contributed by atoms with Crippen LogP contribution < -0.4 is 0 Å². The van der Waals surface area contributed by atoms with Gasteiger partial charge in [0.1, 0.15) is 16.9 Å². The summed E-state index contributed by atoms with van der Waals surface area (Å²) in [5.74, 6) is 0.818. The molecule has 0 spiro atoms. The number of hydrogen-bond acceptors (Lipinski definition) is 3. The molecule has 3 heteroatoms. The number of nitrogens with zero attached hydrogens (tertiary/aromatic N) is 1. The van der Waals surface area contributed by atoms with E-state index in [0.717, 1.165) is 44.5 Å². The minimum atomic E-state index is 0.0159. The second kappa shape index (κ2) is 6.83. The number of furan rings is 2. The van der Waals surface area contributed by atoms with Crippen molar-refractivity contribution in [2.24, 2.45) is 0 Å². The van der Waals surface area contributed by atoms with E-state index in [1.807, 2.05) is 30.5 Å². The highest BCUT2D eigenvalue weighted by Crippen LogP contribution is 2.39. The first kappa shape index (κ1) is 18.9. The van der Waals surface area contributed by atoms with Crippen LogP contribution in [0.3, 0.4) is 0 Å². The molecule has 0 aliphatic rings. The Labute approximate surface area is 186 Å². The summed E-state index contributed by atoms with van der Waals surface area (Å²) in [4.78, 5) is 4.79. The van der Waals surface area contributed by atoms with Crippen molar-refractivity contribution in [3.63, 3.8) is 0 Å². The standard InChI is InChI=1S/C29H23NO2/c1-29(2,3)24-16-19(15-18-7-4-5-8-20(18)24)28-23-17-27(32-26(23)11-13-30-28)21-9-6-10-25-22(21)12-14-31-25/h4-17H,1-3H3. The lowest BCUT2D eigenvalue weighted by atomic mass is 9.82. The third-order valence-corrected chi connectivity index (χ3v) is 6.15. The molecule has 3 heterocycles. The largest absolute Gasteiger partial charge is 0.464 e. The molecule has 0 fully saturated rings. The molecule has 0 unspecified atom stereocenters. The van der Waals surface area contributed by atoms with E-state index in [0.29, 0.717) is 0 Å². The summed E-state index contributed by atoms with van der Waals surface area (Å²) in [6, 6.07) is 25.1. The first-order valence-electron chi connectivity index (χ1n) is 10.9. The molecule has 6 aromatic rings. The lowest BCUT2D eigenvalue weighted by Crippen LogP contribution is -2.12. The smallest absolute Gasteiger partial charge is 0.138 e. The maximum Gasteiger partial charge on any atom is 0.138 e. The average Bonchev–Trinajstić information content (AvgIpc) is 3.44. The number of rotatable bonds is 2. The summed E-state index contributed by atoms with van der Waals surface area (Å²) in [6.45, 7) is 6.77. The molecule has 3 aromatic heterocycles. The summed E-state index contributed by atoms with van der Waals surface area (Å²) in [5, 5.41) is 4.57. The van der Waals surface area contributed by atoms with Crippen molar-refractivity contribution in [1.29, 1.82) is 0 Å².